The second-order valence-electron chi connectivity index (χ2n) is 8.44. The lowest BCUT2D eigenvalue weighted by atomic mass is 10.1. The highest BCUT2D eigenvalue weighted by Gasteiger charge is 2.14. The fourth-order valence-corrected chi connectivity index (χ4v) is 4.46. The first kappa shape index (κ1) is 21.1. The zero-order chi connectivity index (χ0) is 23.9. The van der Waals surface area contributed by atoms with E-state index in [2.05, 4.69) is 25.5 Å². The van der Waals surface area contributed by atoms with Crippen molar-refractivity contribution in [3.63, 3.8) is 0 Å². The van der Waals surface area contributed by atoms with Crippen molar-refractivity contribution >= 4 is 78.3 Å². The van der Waals surface area contributed by atoms with Crippen LogP contribution in [0.5, 0.6) is 0 Å². The van der Waals surface area contributed by atoms with Gasteiger partial charge in [-0.2, -0.15) is 0 Å². The zero-order valence-corrected chi connectivity index (χ0v) is 20.0. The van der Waals surface area contributed by atoms with Gasteiger partial charge >= 0.3 is 0 Å². The van der Waals surface area contributed by atoms with Crippen LogP contribution in [0, 0.1) is 0 Å². The Balaban J connectivity index is 1.37. The van der Waals surface area contributed by atoms with Crippen LogP contribution in [0.2, 0.25) is 0 Å². The monoisotopic (exact) mass is 475 g/mol. The molecule has 0 aliphatic rings. The van der Waals surface area contributed by atoms with Gasteiger partial charge in [0, 0.05) is 54.3 Å². The summed E-state index contributed by atoms with van der Waals surface area (Å²) in [7, 11) is 4.02. The Morgan fingerprint density at radius 3 is 1.89 bits per heavy atom. The van der Waals surface area contributed by atoms with Crippen molar-refractivity contribution < 1.29 is 0 Å². The number of anilines is 3. The maximum absolute atomic E-state index is 5.53. The van der Waals surface area contributed by atoms with Gasteiger partial charge in [-0.3, -0.25) is 9.97 Å². The average molecular weight is 476 g/mol. The first-order valence-electron chi connectivity index (χ1n) is 11.2. The third-order valence-electron chi connectivity index (χ3n) is 5.92. The lowest BCUT2D eigenvalue weighted by Crippen LogP contribution is -2.19. The van der Waals surface area contributed by atoms with E-state index in [1.807, 2.05) is 80.8 Å². The second kappa shape index (κ2) is 8.41. The molecule has 0 spiro atoms. The van der Waals surface area contributed by atoms with E-state index in [0.29, 0.717) is 5.11 Å². The lowest BCUT2D eigenvalue weighted by molar-refractivity contribution is 1.13. The van der Waals surface area contributed by atoms with E-state index < -0.39 is 0 Å². The van der Waals surface area contributed by atoms with E-state index in [9.17, 15) is 0 Å². The van der Waals surface area contributed by atoms with Crippen LogP contribution in [0.4, 0.5) is 17.1 Å². The summed E-state index contributed by atoms with van der Waals surface area (Å²) in [6, 6.07) is 21.9. The summed E-state index contributed by atoms with van der Waals surface area (Å²) in [6.45, 7) is 0. The quantitative estimate of drug-likeness (QED) is 0.190. The average Bonchev–Trinajstić information content (AvgIpc) is 2.88. The minimum Gasteiger partial charge on any atom is -0.378 e. The van der Waals surface area contributed by atoms with Crippen molar-refractivity contribution in [2.24, 2.45) is 0 Å². The van der Waals surface area contributed by atoms with Crippen LogP contribution in [0.1, 0.15) is 0 Å². The Morgan fingerprint density at radius 1 is 0.686 bits per heavy atom. The molecule has 0 saturated carbocycles. The van der Waals surface area contributed by atoms with Crippen LogP contribution in [-0.2, 0) is 0 Å². The molecule has 6 aromatic rings. The van der Waals surface area contributed by atoms with Crippen molar-refractivity contribution in [2.75, 3.05) is 29.6 Å². The number of hydrogen-bond donors (Lipinski definition) is 2. The first-order valence-corrected chi connectivity index (χ1v) is 11.6. The fourth-order valence-electron chi connectivity index (χ4n) is 4.22. The van der Waals surface area contributed by atoms with Crippen molar-refractivity contribution in [1.82, 2.24) is 19.9 Å². The van der Waals surface area contributed by atoms with Crippen molar-refractivity contribution in [1.29, 1.82) is 0 Å². The number of pyridine rings is 2. The standard InChI is InChI=1S/C27H21N7S/c1-34(2)18-10-7-16(8-11-18)30-27(35)31-17-9-12-21-22(15-17)33-26-24-20(6-4-14-29-24)19-5-3-13-28-23(19)25(26)32-21/h3-15H,1-2H3,(H2,30,31,35). The van der Waals surface area contributed by atoms with Crippen LogP contribution in [0.3, 0.4) is 0 Å². The minimum atomic E-state index is 0.498. The molecule has 8 heteroatoms. The number of hydrogen-bond acceptors (Lipinski definition) is 6. The molecule has 35 heavy (non-hydrogen) atoms. The number of nitrogens with zero attached hydrogens (tertiary/aromatic N) is 5. The number of nitrogens with one attached hydrogen (secondary N) is 2. The second-order valence-corrected chi connectivity index (χ2v) is 8.85. The highest BCUT2D eigenvalue weighted by Crippen LogP contribution is 2.32. The lowest BCUT2D eigenvalue weighted by Gasteiger charge is -2.14. The molecule has 2 N–H and O–H groups in total. The number of benzene rings is 3. The molecule has 170 valence electrons. The van der Waals surface area contributed by atoms with E-state index in [1.54, 1.807) is 12.4 Å². The van der Waals surface area contributed by atoms with Gasteiger partial charge in [0.05, 0.1) is 22.1 Å². The molecule has 7 nitrogen and oxygen atoms in total. The summed E-state index contributed by atoms with van der Waals surface area (Å²) in [5.41, 5.74) is 7.52. The molecule has 3 heterocycles. The van der Waals surface area contributed by atoms with Gasteiger partial charge in [-0.15, -0.1) is 0 Å². The molecule has 0 fully saturated rings. The summed E-state index contributed by atoms with van der Waals surface area (Å²) >= 11 is 5.53. The van der Waals surface area contributed by atoms with Gasteiger partial charge in [0.15, 0.2) is 5.11 Å². The largest absolute Gasteiger partial charge is 0.378 e. The Morgan fingerprint density at radius 2 is 1.26 bits per heavy atom. The molecule has 0 radical (unpaired) electrons. The predicted octanol–water partition coefficient (Wildman–Crippen LogP) is 5.75. The summed E-state index contributed by atoms with van der Waals surface area (Å²) < 4.78 is 0. The first-order chi connectivity index (χ1) is 17.1. The summed E-state index contributed by atoms with van der Waals surface area (Å²) in [4.78, 5) is 21.2. The van der Waals surface area contributed by atoms with Crippen LogP contribution in [0.15, 0.2) is 79.1 Å². The van der Waals surface area contributed by atoms with Gasteiger partial charge in [-0.25, -0.2) is 9.97 Å². The van der Waals surface area contributed by atoms with E-state index in [4.69, 9.17) is 22.2 Å². The molecule has 0 unspecified atom stereocenters. The predicted molar refractivity (Wildman–Crippen MR) is 148 cm³/mol. The number of aromatic nitrogens is 4. The van der Waals surface area contributed by atoms with Crippen LogP contribution in [0.25, 0.3) is 43.9 Å². The van der Waals surface area contributed by atoms with Crippen LogP contribution >= 0.6 is 12.2 Å². The van der Waals surface area contributed by atoms with Gasteiger partial charge in [-0.05, 0) is 66.8 Å². The maximum atomic E-state index is 5.53. The molecular formula is C27H21N7S. The highest BCUT2D eigenvalue weighted by molar-refractivity contribution is 7.80. The van der Waals surface area contributed by atoms with Gasteiger partial charge in [0.2, 0.25) is 0 Å². The minimum absolute atomic E-state index is 0.498. The maximum Gasteiger partial charge on any atom is 0.175 e. The summed E-state index contributed by atoms with van der Waals surface area (Å²) in [5, 5.41) is 9.00. The Labute approximate surface area is 206 Å². The van der Waals surface area contributed by atoms with Gasteiger partial charge in [0.25, 0.3) is 0 Å². The summed E-state index contributed by atoms with van der Waals surface area (Å²) in [5.74, 6) is 0. The third-order valence-corrected chi connectivity index (χ3v) is 6.12. The molecule has 6 rings (SSSR count). The molecule has 3 aromatic carbocycles. The molecule has 0 aliphatic heterocycles. The van der Waals surface area contributed by atoms with E-state index in [-0.39, 0.29) is 0 Å². The van der Waals surface area contributed by atoms with Gasteiger partial charge in [-0.1, -0.05) is 12.1 Å². The molecule has 0 atom stereocenters. The van der Waals surface area contributed by atoms with E-state index >= 15 is 0 Å². The fraction of sp³-hybridized carbons (Fsp3) is 0.0741. The van der Waals surface area contributed by atoms with E-state index in [0.717, 1.165) is 60.9 Å². The molecule has 3 aromatic heterocycles. The van der Waals surface area contributed by atoms with Crippen molar-refractivity contribution in [3.8, 4) is 0 Å². The topological polar surface area (TPSA) is 78.9 Å². The molecule has 0 amide bonds. The number of thiocarbonyl (C=S) groups is 1. The van der Waals surface area contributed by atoms with E-state index in [1.165, 1.54) is 0 Å². The van der Waals surface area contributed by atoms with Gasteiger partial charge < -0.3 is 15.5 Å². The Kier molecular flexibility index (Phi) is 5.08. The highest BCUT2D eigenvalue weighted by atomic mass is 32.1. The smallest absolute Gasteiger partial charge is 0.175 e. The van der Waals surface area contributed by atoms with Gasteiger partial charge in [0.1, 0.15) is 11.0 Å². The SMILES string of the molecule is CN(C)c1ccc(NC(=S)Nc2ccc3nc4c5ncccc5c5cccnc5c4nc3c2)cc1. The summed E-state index contributed by atoms with van der Waals surface area (Å²) in [6.07, 6.45) is 3.56. The molecule has 0 bridgehead atoms. The molecular weight excluding hydrogens is 454 g/mol. The number of fused-ring (bicyclic) bond motifs is 7. The number of rotatable bonds is 3. The van der Waals surface area contributed by atoms with Crippen LogP contribution in [-0.4, -0.2) is 39.1 Å². The Bertz CT molecular complexity index is 1750. The molecule has 0 aliphatic carbocycles. The van der Waals surface area contributed by atoms with Crippen molar-refractivity contribution in [3.05, 3.63) is 79.1 Å². The molecule has 0 saturated heterocycles. The normalized spacial score (nSPS) is 11.3. The Hall–Kier alpha value is -4.43. The third kappa shape index (κ3) is 3.83. The van der Waals surface area contributed by atoms with Crippen LogP contribution < -0.4 is 15.5 Å². The van der Waals surface area contributed by atoms with Crippen molar-refractivity contribution in [2.45, 2.75) is 0 Å². The zero-order valence-electron chi connectivity index (χ0n) is 19.1.